The van der Waals surface area contributed by atoms with Crippen LogP contribution >= 0.6 is 0 Å². The Morgan fingerprint density at radius 3 is 2.12 bits per heavy atom. The zero-order chi connectivity index (χ0) is 17.4. The maximum Gasteiger partial charge on any atom is 0.222 e. The summed E-state index contributed by atoms with van der Waals surface area (Å²) in [5.41, 5.74) is 0.968. The number of rotatable bonds is 6. The fraction of sp³-hybridized carbons (Fsp3) is 0.579. The molecule has 0 bridgehead atoms. The quantitative estimate of drug-likeness (QED) is 0.802. The second kappa shape index (κ2) is 9.40. The Hall–Kier alpha value is -1.91. The Labute approximate surface area is 143 Å². The van der Waals surface area contributed by atoms with Gasteiger partial charge in [0.25, 0.3) is 0 Å². The largest absolute Gasteiger partial charge is 0.341 e. The SMILES string of the molecule is CCCCC(=O)N1CCCN(C(=O)CCc2ccc(F)cc2)CC1. The van der Waals surface area contributed by atoms with Crippen molar-refractivity contribution < 1.29 is 14.0 Å². The van der Waals surface area contributed by atoms with Gasteiger partial charge in [-0.2, -0.15) is 0 Å². The highest BCUT2D eigenvalue weighted by atomic mass is 19.1. The van der Waals surface area contributed by atoms with E-state index in [1.165, 1.54) is 12.1 Å². The highest BCUT2D eigenvalue weighted by molar-refractivity contribution is 5.78. The average molecular weight is 334 g/mol. The van der Waals surface area contributed by atoms with Crippen molar-refractivity contribution >= 4 is 11.8 Å². The summed E-state index contributed by atoms with van der Waals surface area (Å²) < 4.78 is 12.9. The van der Waals surface area contributed by atoms with E-state index in [4.69, 9.17) is 0 Å². The van der Waals surface area contributed by atoms with E-state index < -0.39 is 0 Å². The number of aryl methyl sites for hydroxylation is 1. The summed E-state index contributed by atoms with van der Waals surface area (Å²) in [5, 5.41) is 0. The van der Waals surface area contributed by atoms with Gasteiger partial charge in [-0.3, -0.25) is 9.59 Å². The molecule has 0 radical (unpaired) electrons. The summed E-state index contributed by atoms with van der Waals surface area (Å²) in [7, 11) is 0. The fourth-order valence-electron chi connectivity index (χ4n) is 2.96. The van der Waals surface area contributed by atoms with Crippen molar-refractivity contribution in [2.45, 2.75) is 45.4 Å². The summed E-state index contributed by atoms with van der Waals surface area (Å²) in [5.74, 6) is 0.0602. The molecule has 4 nitrogen and oxygen atoms in total. The molecule has 1 aliphatic heterocycles. The first kappa shape index (κ1) is 18.4. The number of nitrogens with zero attached hydrogens (tertiary/aromatic N) is 2. The zero-order valence-electron chi connectivity index (χ0n) is 14.5. The van der Waals surface area contributed by atoms with Crippen LogP contribution in [0.1, 0.15) is 44.6 Å². The number of benzene rings is 1. The fourth-order valence-corrected chi connectivity index (χ4v) is 2.96. The number of carbonyl (C=O) groups is 2. The van der Waals surface area contributed by atoms with E-state index in [0.717, 1.165) is 31.4 Å². The first-order valence-corrected chi connectivity index (χ1v) is 8.90. The van der Waals surface area contributed by atoms with E-state index >= 15 is 0 Å². The Morgan fingerprint density at radius 2 is 1.54 bits per heavy atom. The Bertz CT molecular complexity index is 545. The molecule has 0 N–H and O–H groups in total. The molecule has 1 aliphatic rings. The molecule has 132 valence electrons. The van der Waals surface area contributed by atoms with Crippen molar-refractivity contribution in [1.29, 1.82) is 0 Å². The minimum atomic E-state index is -0.259. The summed E-state index contributed by atoms with van der Waals surface area (Å²) in [6.07, 6.45) is 4.43. The predicted octanol–water partition coefficient (Wildman–Crippen LogP) is 3.01. The number of halogens is 1. The molecule has 0 spiro atoms. The number of hydrogen-bond donors (Lipinski definition) is 0. The van der Waals surface area contributed by atoms with Gasteiger partial charge >= 0.3 is 0 Å². The monoisotopic (exact) mass is 334 g/mol. The molecule has 0 atom stereocenters. The average Bonchev–Trinajstić information content (AvgIpc) is 2.85. The van der Waals surface area contributed by atoms with E-state index in [2.05, 4.69) is 6.92 Å². The highest BCUT2D eigenvalue weighted by Gasteiger charge is 2.21. The predicted molar refractivity (Wildman–Crippen MR) is 92.0 cm³/mol. The summed E-state index contributed by atoms with van der Waals surface area (Å²) in [6.45, 7) is 4.77. The van der Waals surface area contributed by atoms with Crippen molar-refractivity contribution in [3.8, 4) is 0 Å². The van der Waals surface area contributed by atoms with Gasteiger partial charge in [-0.05, 0) is 37.0 Å². The van der Waals surface area contributed by atoms with Gasteiger partial charge in [0.1, 0.15) is 5.82 Å². The van der Waals surface area contributed by atoms with E-state index in [1.807, 2.05) is 9.80 Å². The molecule has 1 saturated heterocycles. The summed E-state index contributed by atoms with van der Waals surface area (Å²) in [6, 6.07) is 6.29. The second-order valence-corrected chi connectivity index (χ2v) is 6.35. The zero-order valence-corrected chi connectivity index (χ0v) is 14.5. The van der Waals surface area contributed by atoms with Crippen LogP contribution in [0.4, 0.5) is 4.39 Å². The van der Waals surface area contributed by atoms with E-state index in [9.17, 15) is 14.0 Å². The molecule has 0 aliphatic carbocycles. The second-order valence-electron chi connectivity index (χ2n) is 6.35. The van der Waals surface area contributed by atoms with E-state index in [-0.39, 0.29) is 17.6 Å². The van der Waals surface area contributed by atoms with Crippen molar-refractivity contribution in [3.05, 3.63) is 35.6 Å². The van der Waals surface area contributed by atoms with Gasteiger partial charge in [0.05, 0.1) is 0 Å². The van der Waals surface area contributed by atoms with Gasteiger partial charge in [-0.25, -0.2) is 4.39 Å². The van der Waals surface area contributed by atoms with Gasteiger partial charge < -0.3 is 9.80 Å². The van der Waals surface area contributed by atoms with Crippen molar-refractivity contribution in [3.63, 3.8) is 0 Å². The topological polar surface area (TPSA) is 40.6 Å². The first-order chi connectivity index (χ1) is 11.6. The van der Waals surface area contributed by atoms with Gasteiger partial charge in [0.2, 0.25) is 11.8 Å². The molecule has 0 unspecified atom stereocenters. The van der Waals surface area contributed by atoms with Crippen LogP contribution in [0, 0.1) is 5.82 Å². The maximum absolute atomic E-state index is 12.9. The molecular weight excluding hydrogens is 307 g/mol. The molecule has 1 aromatic carbocycles. The lowest BCUT2D eigenvalue weighted by molar-refractivity contribution is -0.133. The molecule has 0 saturated carbocycles. The third-order valence-corrected chi connectivity index (χ3v) is 4.49. The third-order valence-electron chi connectivity index (χ3n) is 4.49. The van der Waals surface area contributed by atoms with Crippen LogP contribution in [0.25, 0.3) is 0 Å². The van der Waals surface area contributed by atoms with Crippen LogP contribution in [0.2, 0.25) is 0 Å². The standard InChI is InChI=1S/C19H27FN2O2/c1-2-3-5-18(23)21-12-4-13-22(15-14-21)19(24)11-8-16-6-9-17(20)10-7-16/h6-7,9-10H,2-5,8,11-15H2,1H3. The summed E-state index contributed by atoms with van der Waals surface area (Å²) >= 11 is 0. The van der Waals surface area contributed by atoms with Crippen LogP contribution in [0.3, 0.4) is 0 Å². The minimum absolute atomic E-state index is 0.113. The van der Waals surface area contributed by atoms with Gasteiger partial charge in [-0.1, -0.05) is 25.5 Å². The number of carbonyl (C=O) groups excluding carboxylic acids is 2. The van der Waals surface area contributed by atoms with Crippen molar-refractivity contribution in [2.24, 2.45) is 0 Å². The Morgan fingerprint density at radius 1 is 0.958 bits per heavy atom. The molecule has 1 heterocycles. The molecule has 1 aromatic rings. The van der Waals surface area contributed by atoms with Gasteiger partial charge in [-0.15, -0.1) is 0 Å². The van der Waals surface area contributed by atoms with Gasteiger partial charge in [0.15, 0.2) is 0 Å². The molecule has 5 heteroatoms. The van der Waals surface area contributed by atoms with E-state index in [0.29, 0.717) is 38.9 Å². The lowest BCUT2D eigenvalue weighted by Crippen LogP contribution is -2.37. The van der Waals surface area contributed by atoms with Crippen LogP contribution < -0.4 is 0 Å². The maximum atomic E-state index is 12.9. The lowest BCUT2D eigenvalue weighted by atomic mass is 10.1. The van der Waals surface area contributed by atoms with Crippen molar-refractivity contribution in [2.75, 3.05) is 26.2 Å². The lowest BCUT2D eigenvalue weighted by Gasteiger charge is -2.22. The Balaban J connectivity index is 1.78. The molecule has 1 fully saturated rings. The molecule has 2 amide bonds. The minimum Gasteiger partial charge on any atom is -0.341 e. The van der Waals surface area contributed by atoms with E-state index in [1.54, 1.807) is 12.1 Å². The van der Waals surface area contributed by atoms with Crippen LogP contribution in [-0.2, 0) is 16.0 Å². The molecular formula is C19H27FN2O2. The number of hydrogen-bond acceptors (Lipinski definition) is 2. The van der Waals surface area contributed by atoms with Crippen LogP contribution in [0.15, 0.2) is 24.3 Å². The third kappa shape index (κ3) is 5.62. The molecule has 24 heavy (non-hydrogen) atoms. The first-order valence-electron chi connectivity index (χ1n) is 8.90. The normalized spacial score (nSPS) is 15.2. The number of unbranched alkanes of at least 4 members (excludes halogenated alkanes) is 1. The molecule has 2 rings (SSSR count). The Kier molecular flexibility index (Phi) is 7.22. The van der Waals surface area contributed by atoms with Crippen LogP contribution in [0.5, 0.6) is 0 Å². The van der Waals surface area contributed by atoms with Gasteiger partial charge in [0, 0.05) is 39.0 Å². The number of amides is 2. The van der Waals surface area contributed by atoms with Crippen molar-refractivity contribution in [1.82, 2.24) is 9.80 Å². The van der Waals surface area contributed by atoms with Crippen LogP contribution in [-0.4, -0.2) is 47.8 Å². The summed E-state index contributed by atoms with van der Waals surface area (Å²) in [4.78, 5) is 28.3. The smallest absolute Gasteiger partial charge is 0.222 e. The highest BCUT2D eigenvalue weighted by Crippen LogP contribution is 2.11. The molecule has 0 aromatic heterocycles.